The second-order valence-electron chi connectivity index (χ2n) is 4.45. The number of hydrogen-bond acceptors (Lipinski definition) is 4. The van der Waals surface area contributed by atoms with Crippen LogP contribution >= 0.6 is 11.6 Å². The second kappa shape index (κ2) is 4.65. The molecule has 88 valence electrons. The molecule has 0 amide bonds. The number of nitrogens with zero attached hydrogens (tertiary/aromatic N) is 4. The molecular formula is C11H17ClN4. The largest absolute Gasteiger partial charge is 0.303 e. The first-order chi connectivity index (χ1) is 7.56. The van der Waals surface area contributed by atoms with E-state index >= 15 is 0 Å². The van der Waals surface area contributed by atoms with E-state index in [4.69, 9.17) is 11.6 Å². The predicted molar refractivity (Wildman–Crippen MR) is 64.6 cm³/mol. The maximum Gasteiger partial charge on any atom is 0.148 e. The third kappa shape index (κ3) is 2.51. The maximum atomic E-state index is 5.97. The summed E-state index contributed by atoms with van der Waals surface area (Å²) >= 11 is 5.97. The van der Waals surface area contributed by atoms with Crippen LogP contribution in [-0.4, -0.2) is 53.5 Å². The molecule has 0 aliphatic carbocycles. The van der Waals surface area contributed by atoms with Crippen LogP contribution in [0.15, 0.2) is 6.07 Å². The van der Waals surface area contributed by atoms with Gasteiger partial charge in [0.25, 0.3) is 0 Å². The van der Waals surface area contributed by atoms with E-state index in [0.717, 1.165) is 31.2 Å². The minimum absolute atomic E-state index is 0.246. The van der Waals surface area contributed by atoms with E-state index in [9.17, 15) is 0 Å². The number of aryl methyl sites for hydroxylation is 1. The van der Waals surface area contributed by atoms with Crippen LogP contribution < -0.4 is 0 Å². The highest BCUT2D eigenvalue weighted by Gasteiger charge is 2.26. The molecule has 2 heterocycles. The maximum absolute atomic E-state index is 5.97. The Hall–Kier alpha value is -0.710. The van der Waals surface area contributed by atoms with Gasteiger partial charge in [-0.1, -0.05) is 11.6 Å². The first-order valence-corrected chi connectivity index (χ1v) is 5.84. The normalized spacial score (nSPS) is 23.6. The molecule has 1 aliphatic heterocycles. The topological polar surface area (TPSA) is 32.3 Å². The summed E-state index contributed by atoms with van der Waals surface area (Å²) < 4.78 is 0. The van der Waals surface area contributed by atoms with Crippen molar-refractivity contribution in [3.63, 3.8) is 0 Å². The molecule has 1 aromatic rings. The van der Waals surface area contributed by atoms with Crippen LogP contribution in [0.2, 0.25) is 5.15 Å². The van der Waals surface area contributed by atoms with Crippen LogP contribution in [0.1, 0.15) is 17.6 Å². The number of hydrogen-bond donors (Lipinski definition) is 0. The van der Waals surface area contributed by atoms with E-state index in [1.807, 2.05) is 6.92 Å². The average Bonchev–Trinajstić information content (AvgIpc) is 2.20. The van der Waals surface area contributed by atoms with Gasteiger partial charge < -0.3 is 4.90 Å². The highest BCUT2D eigenvalue weighted by Crippen LogP contribution is 2.21. The lowest BCUT2D eigenvalue weighted by molar-refractivity contribution is 0.109. The summed E-state index contributed by atoms with van der Waals surface area (Å²) in [5.74, 6) is 0.832. The third-order valence-electron chi connectivity index (χ3n) is 2.99. The van der Waals surface area contributed by atoms with Crippen molar-refractivity contribution in [2.24, 2.45) is 0 Å². The molecule has 5 heteroatoms. The van der Waals surface area contributed by atoms with E-state index in [2.05, 4.69) is 33.9 Å². The van der Waals surface area contributed by atoms with Gasteiger partial charge in [0.15, 0.2) is 0 Å². The van der Waals surface area contributed by atoms with Crippen molar-refractivity contribution >= 4 is 11.6 Å². The molecule has 1 saturated heterocycles. The zero-order valence-corrected chi connectivity index (χ0v) is 10.7. The zero-order valence-electron chi connectivity index (χ0n) is 9.94. The van der Waals surface area contributed by atoms with Crippen molar-refractivity contribution in [2.75, 3.05) is 33.7 Å². The van der Waals surface area contributed by atoms with Gasteiger partial charge in [-0.25, -0.2) is 9.97 Å². The molecule has 4 nitrogen and oxygen atoms in total. The van der Waals surface area contributed by atoms with Gasteiger partial charge in [0.1, 0.15) is 11.0 Å². The highest BCUT2D eigenvalue weighted by molar-refractivity contribution is 6.29. The molecule has 1 aromatic heterocycles. The lowest BCUT2D eigenvalue weighted by Gasteiger charge is -2.36. The summed E-state index contributed by atoms with van der Waals surface area (Å²) in [7, 11) is 4.23. The number of halogens is 1. The second-order valence-corrected chi connectivity index (χ2v) is 4.84. The average molecular weight is 241 g/mol. The summed E-state index contributed by atoms with van der Waals surface area (Å²) in [6, 6.07) is 2.04. The Kier molecular flexibility index (Phi) is 3.42. The molecule has 1 fully saturated rings. The molecule has 0 aromatic carbocycles. The number of rotatable bonds is 1. The molecule has 2 rings (SSSR count). The van der Waals surface area contributed by atoms with E-state index in [1.165, 1.54) is 0 Å². The van der Waals surface area contributed by atoms with Crippen LogP contribution in [0.25, 0.3) is 0 Å². The Morgan fingerprint density at radius 1 is 1.31 bits per heavy atom. The fourth-order valence-corrected chi connectivity index (χ4v) is 2.23. The van der Waals surface area contributed by atoms with Gasteiger partial charge in [-0.05, 0) is 27.1 Å². The van der Waals surface area contributed by atoms with E-state index < -0.39 is 0 Å². The molecule has 1 aliphatic rings. The summed E-state index contributed by atoms with van der Waals surface area (Å²) in [6.07, 6.45) is 0. The van der Waals surface area contributed by atoms with Crippen molar-refractivity contribution in [3.8, 4) is 0 Å². The minimum atomic E-state index is 0.246. The monoisotopic (exact) mass is 240 g/mol. The van der Waals surface area contributed by atoms with E-state index in [-0.39, 0.29) is 6.04 Å². The quantitative estimate of drug-likeness (QED) is 0.694. The molecule has 1 atom stereocenters. The Morgan fingerprint density at radius 3 is 2.75 bits per heavy atom. The van der Waals surface area contributed by atoms with Gasteiger partial charge in [-0.2, -0.15) is 0 Å². The zero-order chi connectivity index (χ0) is 11.7. The van der Waals surface area contributed by atoms with Gasteiger partial charge in [0.05, 0.1) is 6.04 Å². The van der Waals surface area contributed by atoms with Gasteiger partial charge in [0, 0.05) is 25.3 Å². The van der Waals surface area contributed by atoms with Crippen molar-refractivity contribution < 1.29 is 0 Å². The summed E-state index contributed by atoms with van der Waals surface area (Å²) in [5, 5.41) is 0.532. The SMILES string of the molecule is Cc1cc(Cl)nc(C2CN(C)CCN2C)n1. The number of aromatic nitrogens is 2. The molecule has 16 heavy (non-hydrogen) atoms. The van der Waals surface area contributed by atoms with Gasteiger partial charge in [-0.3, -0.25) is 4.90 Å². The van der Waals surface area contributed by atoms with Crippen LogP contribution in [0, 0.1) is 6.92 Å². The Morgan fingerprint density at radius 2 is 2.06 bits per heavy atom. The number of piperazine rings is 1. The molecule has 0 spiro atoms. The number of likely N-dealkylation sites (N-methyl/N-ethyl adjacent to an activating group) is 2. The Bertz CT molecular complexity index is 362. The van der Waals surface area contributed by atoms with Crippen molar-refractivity contribution in [1.29, 1.82) is 0 Å². The van der Waals surface area contributed by atoms with Crippen molar-refractivity contribution in [2.45, 2.75) is 13.0 Å². The van der Waals surface area contributed by atoms with Crippen molar-refractivity contribution in [3.05, 3.63) is 22.7 Å². The molecule has 0 N–H and O–H groups in total. The van der Waals surface area contributed by atoms with Gasteiger partial charge >= 0.3 is 0 Å². The van der Waals surface area contributed by atoms with Gasteiger partial charge in [-0.15, -0.1) is 0 Å². The van der Waals surface area contributed by atoms with Crippen LogP contribution in [0.3, 0.4) is 0 Å². The fraction of sp³-hybridized carbons (Fsp3) is 0.636. The van der Waals surface area contributed by atoms with Crippen LogP contribution in [-0.2, 0) is 0 Å². The van der Waals surface area contributed by atoms with E-state index in [0.29, 0.717) is 5.15 Å². The lowest BCUT2D eigenvalue weighted by Crippen LogP contribution is -2.45. The lowest BCUT2D eigenvalue weighted by atomic mass is 10.1. The highest BCUT2D eigenvalue weighted by atomic mass is 35.5. The first kappa shape index (κ1) is 11.8. The Balaban J connectivity index is 2.27. The molecule has 0 radical (unpaired) electrons. The summed E-state index contributed by atoms with van der Waals surface area (Å²) in [6.45, 7) is 5.03. The summed E-state index contributed by atoms with van der Waals surface area (Å²) in [5.41, 5.74) is 0.927. The Labute approximate surface area is 101 Å². The summed E-state index contributed by atoms with van der Waals surface area (Å²) in [4.78, 5) is 13.4. The molecule has 1 unspecified atom stereocenters. The van der Waals surface area contributed by atoms with Crippen molar-refractivity contribution in [1.82, 2.24) is 19.8 Å². The minimum Gasteiger partial charge on any atom is -0.303 e. The fourth-order valence-electron chi connectivity index (χ4n) is 1.99. The third-order valence-corrected chi connectivity index (χ3v) is 3.18. The predicted octanol–water partition coefficient (Wildman–Crippen LogP) is 1.36. The van der Waals surface area contributed by atoms with Gasteiger partial charge in [0.2, 0.25) is 0 Å². The van der Waals surface area contributed by atoms with Crippen LogP contribution in [0.5, 0.6) is 0 Å². The molecular weight excluding hydrogens is 224 g/mol. The van der Waals surface area contributed by atoms with E-state index in [1.54, 1.807) is 6.07 Å². The molecule has 0 saturated carbocycles. The van der Waals surface area contributed by atoms with Crippen LogP contribution in [0.4, 0.5) is 0 Å². The first-order valence-electron chi connectivity index (χ1n) is 5.46. The molecule has 0 bridgehead atoms. The standard InChI is InChI=1S/C11H17ClN4/c1-8-6-10(12)14-11(13-8)9-7-15(2)4-5-16(9)3/h6,9H,4-5,7H2,1-3H3. The smallest absolute Gasteiger partial charge is 0.148 e.